The normalized spacial score (nSPS) is 17.3. The Labute approximate surface area is 138 Å². The van der Waals surface area contributed by atoms with Crippen LogP contribution in [0.3, 0.4) is 0 Å². The fourth-order valence-electron chi connectivity index (χ4n) is 2.87. The second-order valence-electron chi connectivity index (χ2n) is 5.42. The van der Waals surface area contributed by atoms with Crippen molar-refractivity contribution in [3.63, 3.8) is 0 Å². The second kappa shape index (κ2) is 5.74. The van der Waals surface area contributed by atoms with E-state index in [-0.39, 0.29) is 11.2 Å². The third-order valence-electron chi connectivity index (χ3n) is 3.95. The topological polar surface area (TPSA) is 44.1 Å². The van der Waals surface area contributed by atoms with Crippen LogP contribution < -0.4 is 4.74 Å². The molecule has 0 fully saturated rings. The Morgan fingerprint density at radius 1 is 1.22 bits per heavy atom. The summed E-state index contributed by atoms with van der Waals surface area (Å²) >= 11 is 1.65. The molecule has 1 aromatic heterocycles. The molecule has 3 aromatic rings. The molecule has 0 spiro atoms. The predicted molar refractivity (Wildman–Crippen MR) is 91.2 cm³/mol. The van der Waals surface area contributed by atoms with Crippen molar-refractivity contribution in [1.29, 1.82) is 0 Å². The van der Waals surface area contributed by atoms with Gasteiger partial charge in [-0.1, -0.05) is 36.0 Å². The minimum atomic E-state index is 0.0995. The molecule has 1 aliphatic heterocycles. The molecule has 0 saturated carbocycles. The molecule has 5 heteroatoms. The van der Waals surface area contributed by atoms with Gasteiger partial charge in [0.05, 0.1) is 17.6 Å². The van der Waals surface area contributed by atoms with Gasteiger partial charge < -0.3 is 4.74 Å². The summed E-state index contributed by atoms with van der Waals surface area (Å²) in [4.78, 5) is 17.2. The van der Waals surface area contributed by atoms with Gasteiger partial charge in [0.1, 0.15) is 5.75 Å². The standard InChI is InChI=1S/C18H16N2O2S/c1-2-22-13-9-7-12(8-10-13)16-11-17(21)20-15-6-4-3-5-14(15)19-18(20)23-16/h3-10,16H,2,11H2,1H3. The van der Waals surface area contributed by atoms with Gasteiger partial charge in [-0.05, 0) is 36.8 Å². The van der Waals surface area contributed by atoms with Crippen molar-refractivity contribution in [3.8, 4) is 5.75 Å². The summed E-state index contributed by atoms with van der Waals surface area (Å²) in [5.41, 5.74) is 2.89. The van der Waals surface area contributed by atoms with Crippen molar-refractivity contribution in [2.24, 2.45) is 0 Å². The zero-order chi connectivity index (χ0) is 15.8. The van der Waals surface area contributed by atoms with Gasteiger partial charge in [0.15, 0.2) is 5.16 Å². The van der Waals surface area contributed by atoms with Crippen LogP contribution in [-0.4, -0.2) is 22.1 Å². The third-order valence-corrected chi connectivity index (χ3v) is 5.16. The first-order chi connectivity index (χ1) is 11.3. The van der Waals surface area contributed by atoms with E-state index in [1.165, 1.54) is 0 Å². The Bertz CT molecular complexity index is 870. The average Bonchev–Trinajstić information content (AvgIpc) is 2.94. The van der Waals surface area contributed by atoms with Crippen LogP contribution >= 0.6 is 11.8 Å². The molecule has 2 aromatic carbocycles. The Balaban J connectivity index is 1.67. The predicted octanol–water partition coefficient (Wildman–Crippen LogP) is 4.31. The summed E-state index contributed by atoms with van der Waals surface area (Å²) in [5.74, 6) is 0.960. The minimum absolute atomic E-state index is 0.0995. The highest BCUT2D eigenvalue weighted by molar-refractivity contribution is 7.99. The first kappa shape index (κ1) is 14.3. The van der Waals surface area contributed by atoms with Crippen LogP contribution in [0.2, 0.25) is 0 Å². The number of rotatable bonds is 3. The lowest BCUT2D eigenvalue weighted by Gasteiger charge is -2.22. The van der Waals surface area contributed by atoms with E-state index >= 15 is 0 Å². The zero-order valence-corrected chi connectivity index (χ0v) is 13.5. The molecule has 116 valence electrons. The van der Waals surface area contributed by atoms with Crippen molar-refractivity contribution >= 4 is 28.7 Å². The summed E-state index contributed by atoms with van der Waals surface area (Å²) in [6.45, 7) is 2.62. The summed E-state index contributed by atoms with van der Waals surface area (Å²) in [6, 6.07) is 15.8. The molecule has 0 N–H and O–H groups in total. The number of carbonyl (C=O) groups is 1. The van der Waals surface area contributed by atoms with Crippen molar-refractivity contribution in [2.45, 2.75) is 23.8 Å². The molecule has 0 saturated heterocycles. The maximum absolute atomic E-state index is 12.6. The van der Waals surface area contributed by atoms with Gasteiger partial charge in [0.25, 0.3) is 0 Å². The van der Waals surface area contributed by atoms with Crippen molar-refractivity contribution in [2.75, 3.05) is 6.61 Å². The van der Waals surface area contributed by atoms with Crippen molar-refractivity contribution in [3.05, 3.63) is 54.1 Å². The molecule has 0 amide bonds. The van der Waals surface area contributed by atoms with E-state index < -0.39 is 0 Å². The van der Waals surface area contributed by atoms with E-state index in [0.717, 1.165) is 27.5 Å². The van der Waals surface area contributed by atoms with Crippen LogP contribution in [0.4, 0.5) is 0 Å². The number of imidazole rings is 1. The van der Waals surface area contributed by atoms with Gasteiger partial charge in [-0.3, -0.25) is 9.36 Å². The molecule has 4 nitrogen and oxygen atoms in total. The summed E-state index contributed by atoms with van der Waals surface area (Å²) in [5, 5.41) is 0.879. The van der Waals surface area contributed by atoms with Crippen LogP contribution in [-0.2, 0) is 0 Å². The lowest BCUT2D eigenvalue weighted by Crippen LogP contribution is -2.19. The molecule has 0 radical (unpaired) electrons. The first-order valence-electron chi connectivity index (χ1n) is 7.66. The maximum Gasteiger partial charge on any atom is 0.234 e. The van der Waals surface area contributed by atoms with E-state index in [4.69, 9.17) is 4.74 Å². The largest absolute Gasteiger partial charge is 0.494 e. The van der Waals surface area contributed by atoms with E-state index in [2.05, 4.69) is 4.98 Å². The molecule has 1 unspecified atom stereocenters. The van der Waals surface area contributed by atoms with Gasteiger partial charge in [-0.2, -0.15) is 0 Å². The Kier molecular flexibility index (Phi) is 3.58. The molecule has 2 heterocycles. The number of para-hydroxylation sites is 2. The third kappa shape index (κ3) is 2.51. The highest BCUT2D eigenvalue weighted by atomic mass is 32.2. The quantitative estimate of drug-likeness (QED) is 0.720. The molecule has 23 heavy (non-hydrogen) atoms. The second-order valence-corrected chi connectivity index (χ2v) is 6.59. The molecule has 1 aliphatic rings. The number of fused-ring (bicyclic) bond motifs is 3. The Hall–Kier alpha value is -2.27. The number of nitrogens with zero attached hydrogens (tertiary/aromatic N) is 2. The smallest absolute Gasteiger partial charge is 0.234 e. The van der Waals surface area contributed by atoms with Gasteiger partial charge in [-0.25, -0.2) is 4.98 Å². The lowest BCUT2D eigenvalue weighted by molar-refractivity contribution is 0.0891. The number of aromatic nitrogens is 2. The fraction of sp³-hybridized carbons (Fsp3) is 0.222. The summed E-state index contributed by atoms with van der Waals surface area (Å²) in [6.07, 6.45) is 0.478. The van der Waals surface area contributed by atoms with Crippen LogP contribution in [0.25, 0.3) is 11.0 Å². The number of hydrogen-bond donors (Lipinski definition) is 0. The van der Waals surface area contributed by atoms with Gasteiger partial charge in [-0.15, -0.1) is 0 Å². The number of ether oxygens (including phenoxy) is 1. The Morgan fingerprint density at radius 3 is 2.78 bits per heavy atom. The summed E-state index contributed by atoms with van der Waals surface area (Å²) in [7, 11) is 0. The van der Waals surface area contributed by atoms with E-state index in [1.807, 2.05) is 55.5 Å². The number of thioether (sulfide) groups is 1. The van der Waals surface area contributed by atoms with Crippen LogP contribution in [0.5, 0.6) is 5.75 Å². The van der Waals surface area contributed by atoms with Gasteiger partial charge >= 0.3 is 0 Å². The van der Waals surface area contributed by atoms with Crippen molar-refractivity contribution < 1.29 is 9.53 Å². The molecule has 0 aliphatic carbocycles. The lowest BCUT2D eigenvalue weighted by atomic mass is 10.1. The van der Waals surface area contributed by atoms with E-state index in [1.54, 1.807) is 16.3 Å². The number of carbonyl (C=O) groups excluding carboxylic acids is 1. The number of benzene rings is 2. The van der Waals surface area contributed by atoms with Crippen LogP contribution in [0, 0.1) is 0 Å². The molecule has 4 rings (SSSR count). The van der Waals surface area contributed by atoms with E-state index in [9.17, 15) is 4.79 Å². The minimum Gasteiger partial charge on any atom is -0.494 e. The number of hydrogen-bond acceptors (Lipinski definition) is 4. The van der Waals surface area contributed by atoms with Gasteiger partial charge in [0, 0.05) is 11.7 Å². The van der Waals surface area contributed by atoms with Crippen LogP contribution in [0.15, 0.2) is 53.7 Å². The highest BCUT2D eigenvalue weighted by Gasteiger charge is 2.29. The molecule has 0 bridgehead atoms. The van der Waals surface area contributed by atoms with E-state index in [0.29, 0.717) is 13.0 Å². The summed E-state index contributed by atoms with van der Waals surface area (Å²) < 4.78 is 7.22. The zero-order valence-electron chi connectivity index (χ0n) is 12.7. The SMILES string of the molecule is CCOc1ccc(C2CC(=O)n3c(nc4ccccc43)S2)cc1. The molecular weight excluding hydrogens is 308 g/mol. The highest BCUT2D eigenvalue weighted by Crippen LogP contribution is 2.43. The molecular formula is C18H16N2O2S. The monoisotopic (exact) mass is 324 g/mol. The van der Waals surface area contributed by atoms with Gasteiger partial charge in [0.2, 0.25) is 5.91 Å². The van der Waals surface area contributed by atoms with Crippen LogP contribution in [0.1, 0.15) is 29.0 Å². The Morgan fingerprint density at radius 2 is 2.00 bits per heavy atom. The fourth-order valence-corrected chi connectivity index (χ4v) is 4.10. The molecule has 1 atom stereocenters. The van der Waals surface area contributed by atoms with Crippen molar-refractivity contribution in [1.82, 2.24) is 9.55 Å². The first-order valence-corrected chi connectivity index (χ1v) is 8.54. The maximum atomic E-state index is 12.6. The average molecular weight is 324 g/mol.